The average molecular weight is 269 g/mol. The first-order valence-corrected chi connectivity index (χ1v) is 6.90. The maximum Gasteiger partial charge on any atom is 0.153 e. The lowest BCUT2D eigenvalue weighted by molar-refractivity contribution is 0.111. The lowest BCUT2D eigenvalue weighted by atomic mass is 10.0. The minimum absolute atomic E-state index is 0.585. The molecule has 104 valence electrons. The lowest BCUT2D eigenvalue weighted by Gasteiger charge is -2.14. The molecule has 0 aliphatic rings. The summed E-state index contributed by atoms with van der Waals surface area (Å²) in [5.74, 6) is 0.637. The van der Waals surface area contributed by atoms with Crippen molar-refractivity contribution in [3.05, 3.63) is 47.7 Å². The monoisotopic (exact) mass is 269 g/mol. The number of aldehydes is 1. The lowest BCUT2D eigenvalue weighted by Crippen LogP contribution is -2.02. The van der Waals surface area contributed by atoms with Crippen LogP contribution in [0.15, 0.2) is 36.5 Å². The highest BCUT2D eigenvalue weighted by atomic mass is 16.5. The first-order chi connectivity index (χ1) is 9.76. The van der Waals surface area contributed by atoms with E-state index in [2.05, 4.69) is 11.9 Å². The summed E-state index contributed by atoms with van der Waals surface area (Å²) in [5, 5.41) is 0. The van der Waals surface area contributed by atoms with Gasteiger partial charge < -0.3 is 4.74 Å². The molecule has 0 fully saturated rings. The molecule has 0 bridgehead atoms. The second kappa shape index (κ2) is 6.85. The number of ether oxygens (including phenoxy) is 1. The molecule has 0 saturated heterocycles. The Labute approximate surface area is 119 Å². The Bertz CT molecular complexity index is 579. The van der Waals surface area contributed by atoms with Crippen LogP contribution in [0.2, 0.25) is 0 Å². The van der Waals surface area contributed by atoms with E-state index in [1.165, 1.54) is 0 Å². The third kappa shape index (κ3) is 3.23. The van der Waals surface area contributed by atoms with E-state index in [0.29, 0.717) is 17.9 Å². The fourth-order valence-corrected chi connectivity index (χ4v) is 2.08. The second-order valence-electron chi connectivity index (χ2n) is 4.77. The van der Waals surface area contributed by atoms with Crippen molar-refractivity contribution < 1.29 is 9.53 Å². The van der Waals surface area contributed by atoms with Gasteiger partial charge in [-0.1, -0.05) is 19.4 Å². The Kier molecular flexibility index (Phi) is 4.88. The number of aromatic nitrogens is 1. The standard InChI is InChI=1S/C17H19NO2/c1-3-4-9-20-17-14(12-19)10-13(2)11-15(17)16-7-5-6-8-18-16/h5-8,10-12H,3-4,9H2,1-2H3. The van der Waals surface area contributed by atoms with Gasteiger partial charge in [0.05, 0.1) is 17.9 Å². The van der Waals surface area contributed by atoms with Crippen LogP contribution in [0.3, 0.4) is 0 Å². The Balaban J connectivity index is 2.47. The highest BCUT2D eigenvalue weighted by molar-refractivity contribution is 5.86. The van der Waals surface area contributed by atoms with E-state index in [1.54, 1.807) is 6.20 Å². The van der Waals surface area contributed by atoms with Gasteiger partial charge in [0.1, 0.15) is 5.75 Å². The van der Waals surface area contributed by atoms with E-state index in [4.69, 9.17) is 4.74 Å². The average Bonchev–Trinajstić information content (AvgIpc) is 2.49. The molecule has 0 aliphatic heterocycles. The van der Waals surface area contributed by atoms with Crippen molar-refractivity contribution in [1.82, 2.24) is 4.98 Å². The van der Waals surface area contributed by atoms with E-state index in [-0.39, 0.29) is 0 Å². The van der Waals surface area contributed by atoms with Crippen LogP contribution in [0, 0.1) is 6.92 Å². The molecule has 2 rings (SSSR count). The molecule has 3 heteroatoms. The topological polar surface area (TPSA) is 39.2 Å². The minimum Gasteiger partial charge on any atom is -0.492 e. The molecule has 0 amide bonds. The summed E-state index contributed by atoms with van der Waals surface area (Å²) in [6, 6.07) is 9.59. The van der Waals surface area contributed by atoms with Crippen molar-refractivity contribution in [3.8, 4) is 17.0 Å². The van der Waals surface area contributed by atoms with Gasteiger partial charge in [-0.05, 0) is 43.2 Å². The number of unbranched alkanes of at least 4 members (excludes halogenated alkanes) is 1. The smallest absolute Gasteiger partial charge is 0.153 e. The molecule has 1 aromatic carbocycles. The van der Waals surface area contributed by atoms with Gasteiger partial charge in [0.25, 0.3) is 0 Å². The summed E-state index contributed by atoms with van der Waals surface area (Å²) in [7, 11) is 0. The zero-order valence-electron chi connectivity index (χ0n) is 11.9. The second-order valence-corrected chi connectivity index (χ2v) is 4.77. The largest absolute Gasteiger partial charge is 0.492 e. The normalized spacial score (nSPS) is 10.3. The summed E-state index contributed by atoms with van der Waals surface area (Å²) >= 11 is 0. The van der Waals surface area contributed by atoms with Crippen LogP contribution in [0.4, 0.5) is 0 Å². The number of benzene rings is 1. The SMILES string of the molecule is CCCCOc1c(C=O)cc(C)cc1-c1ccccn1. The van der Waals surface area contributed by atoms with E-state index < -0.39 is 0 Å². The maximum absolute atomic E-state index is 11.3. The van der Waals surface area contributed by atoms with E-state index in [9.17, 15) is 4.79 Å². The van der Waals surface area contributed by atoms with Crippen LogP contribution < -0.4 is 4.74 Å². The predicted octanol–water partition coefficient (Wildman–Crippen LogP) is 4.05. The highest BCUT2D eigenvalue weighted by Crippen LogP contribution is 2.33. The van der Waals surface area contributed by atoms with Crippen molar-refractivity contribution in [1.29, 1.82) is 0 Å². The number of carbonyl (C=O) groups excluding carboxylic acids is 1. The van der Waals surface area contributed by atoms with Gasteiger partial charge in [0.2, 0.25) is 0 Å². The van der Waals surface area contributed by atoms with Crippen LogP contribution in [0.25, 0.3) is 11.3 Å². The summed E-state index contributed by atoms with van der Waals surface area (Å²) in [5.41, 5.74) is 3.31. The molecular formula is C17H19NO2. The third-order valence-electron chi connectivity index (χ3n) is 3.07. The van der Waals surface area contributed by atoms with Crippen LogP contribution in [0.1, 0.15) is 35.7 Å². The van der Waals surface area contributed by atoms with Crippen molar-refractivity contribution in [2.45, 2.75) is 26.7 Å². The van der Waals surface area contributed by atoms with Crippen molar-refractivity contribution in [3.63, 3.8) is 0 Å². The van der Waals surface area contributed by atoms with Gasteiger partial charge in [-0.2, -0.15) is 0 Å². The number of rotatable bonds is 6. The number of hydrogen-bond acceptors (Lipinski definition) is 3. The maximum atomic E-state index is 11.3. The molecule has 0 spiro atoms. The summed E-state index contributed by atoms with van der Waals surface area (Å²) < 4.78 is 5.84. The van der Waals surface area contributed by atoms with Gasteiger partial charge in [-0.3, -0.25) is 9.78 Å². The molecule has 2 aromatic rings. The fourth-order valence-electron chi connectivity index (χ4n) is 2.08. The number of aryl methyl sites for hydroxylation is 1. The molecule has 0 saturated carbocycles. The number of carbonyl (C=O) groups is 1. The first kappa shape index (κ1) is 14.3. The zero-order chi connectivity index (χ0) is 14.4. The van der Waals surface area contributed by atoms with Crippen molar-refractivity contribution >= 4 is 6.29 Å². The number of nitrogens with zero attached hydrogens (tertiary/aromatic N) is 1. The Hall–Kier alpha value is -2.16. The van der Waals surface area contributed by atoms with Gasteiger partial charge in [-0.15, -0.1) is 0 Å². The molecule has 20 heavy (non-hydrogen) atoms. The van der Waals surface area contributed by atoms with Crippen LogP contribution in [-0.4, -0.2) is 17.9 Å². The summed E-state index contributed by atoms with van der Waals surface area (Å²) in [4.78, 5) is 15.7. The number of pyridine rings is 1. The molecule has 0 unspecified atom stereocenters. The number of hydrogen-bond donors (Lipinski definition) is 0. The Morgan fingerprint density at radius 3 is 2.80 bits per heavy atom. The first-order valence-electron chi connectivity index (χ1n) is 6.90. The molecule has 3 nitrogen and oxygen atoms in total. The van der Waals surface area contributed by atoms with Crippen LogP contribution in [-0.2, 0) is 0 Å². The molecule has 0 aliphatic carbocycles. The van der Waals surface area contributed by atoms with Gasteiger partial charge in [0, 0.05) is 11.8 Å². The summed E-state index contributed by atoms with van der Waals surface area (Å²) in [6.45, 7) is 4.69. The quantitative estimate of drug-likeness (QED) is 0.586. The summed E-state index contributed by atoms with van der Waals surface area (Å²) in [6.07, 6.45) is 4.61. The minimum atomic E-state index is 0.585. The molecule has 0 radical (unpaired) electrons. The zero-order valence-corrected chi connectivity index (χ0v) is 11.9. The van der Waals surface area contributed by atoms with E-state index in [1.807, 2.05) is 37.3 Å². The van der Waals surface area contributed by atoms with E-state index >= 15 is 0 Å². The highest BCUT2D eigenvalue weighted by Gasteiger charge is 2.13. The predicted molar refractivity (Wildman–Crippen MR) is 80.2 cm³/mol. The van der Waals surface area contributed by atoms with Crippen molar-refractivity contribution in [2.24, 2.45) is 0 Å². The third-order valence-corrected chi connectivity index (χ3v) is 3.07. The molecule has 0 N–H and O–H groups in total. The van der Waals surface area contributed by atoms with Crippen LogP contribution >= 0.6 is 0 Å². The Morgan fingerprint density at radius 1 is 1.30 bits per heavy atom. The van der Waals surface area contributed by atoms with Gasteiger partial charge in [-0.25, -0.2) is 0 Å². The molecule has 1 heterocycles. The van der Waals surface area contributed by atoms with Crippen molar-refractivity contribution in [2.75, 3.05) is 6.61 Å². The Morgan fingerprint density at radius 2 is 2.15 bits per heavy atom. The molecule has 1 aromatic heterocycles. The van der Waals surface area contributed by atoms with Gasteiger partial charge >= 0.3 is 0 Å². The van der Waals surface area contributed by atoms with Crippen LogP contribution in [0.5, 0.6) is 5.75 Å². The molecule has 0 atom stereocenters. The van der Waals surface area contributed by atoms with E-state index in [0.717, 1.165) is 35.9 Å². The molecular weight excluding hydrogens is 250 g/mol. The van der Waals surface area contributed by atoms with Gasteiger partial charge in [0.15, 0.2) is 6.29 Å². The fraction of sp³-hybridized carbons (Fsp3) is 0.294.